The molecule has 0 aliphatic rings. The molecule has 0 bridgehead atoms. The van der Waals surface area contributed by atoms with Crippen LogP contribution in [-0.2, 0) is 0 Å². The molecule has 1 aromatic heterocycles. The fraction of sp³-hybridized carbons (Fsp3) is 0.100. The summed E-state index contributed by atoms with van der Waals surface area (Å²) in [5.74, 6) is 0. The van der Waals surface area contributed by atoms with E-state index in [1.807, 2.05) is 25.1 Å². The third-order valence-electron chi connectivity index (χ3n) is 2.16. The minimum atomic E-state index is -0.944. The van der Waals surface area contributed by atoms with Gasteiger partial charge in [0.2, 0.25) is 0 Å². The van der Waals surface area contributed by atoms with Crippen LogP contribution in [0, 0.1) is 6.92 Å². The first-order chi connectivity index (χ1) is 6.20. The summed E-state index contributed by atoms with van der Waals surface area (Å²) < 4.78 is 1.22. The first kappa shape index (κ1) is 7.86. The third kappa shape index (κ3) is 1.09. The van der Waals surface area contributed by atoms with Gasteiger partial charge in [0, 0.05) is 11.6 Å². The van der Waals surface area contributed by atoms with Gasteiger partial charge in [0.1, 0.15) is 0 Å². The summed E-state index contributed by atoms with van der Waals surface area (Å²) in [6.07, 6.45) is 0.626. The highest BCUT2D eigenvalue weighted by Crippen LogP contribution is 2.18. The largest absolute Gasteiger partial charge is 0.464 e. The summed E-state index contributed by atoms with van der Waals surface area (Å²) in [6.45, 7) is 1.97. The van der Waals surface area contributed by atoms with Crippen LogP contribution in [0.4, 0.5) is 4.79 Å². The van der Waals surface area contributed by atoms with Crippen molar-refractivity contribution in [3.05, 3.63) is 36.0 Å². The molecule has 0 amide bonds. The number of carboxylic acid groups (broad SMARTS) is 1. The van der Waals surface area contributed by atoms with Crippen molar-refractivity contribution >= 4 is 17.0 Å². The lowest BCUT2D eigenvalue weighted by Gasteiger charge is -1.98. The maximum Gasteiger partial charge on any atom is 0.415 e. The van der Waals surface area contributed by atoms with Crippen molar-refractivity contribution in [1.82, 2.24) is 4.57 Å². The van der Waals surface area contributed by atoms with Crippen molar-refractivity contribution < 1.29 is 9.90 Å². The van der Waals surface area contributed by atoms with E-state index in [4.69, 9.17) is 5.11 Å². The molecule has 0 saturated carbocycles. The average Bonchev–Trinajstić information content (AvgIpc) is 2.48. The van der Waals surface area contributed by atoms with Crippen LogP contribution < -0.4 is 0 Å². The van der Waals surface area contributed by atoms with Gasteiger partial charge in [-0.2, -0.15) is 0 Å². The van der Waals surface area contributed by atoms with Gasteiger partial charge in [0.15, 0.2) is 0 Å². The van der Waals surface area contributed by atoms with Gasteiger partial charge < -0.3 is 5.11 Å². The second-order valence-corrected chi connectivity index (χ2v) is 2.98. The van der Waals surface area contributed by atoms with Gasteiger partial charge >= 0.3 is 6.09 Å². The van der Waals surface area contributed by atoms with Crippen LogP contribution in [0.5, 0.6) is 0 Å². The molecule has 0 unspecified atom stereocenters. The van der Waals surface area contributed by atoms with Crippen molar-refractivity contribution in [2.45, 2.75) is 6.92 Å². The van der Waals surface area contributed by atoms with E-state index in [2.05, 4.69) is 0 Å². The minimum absolute atomic E-state index is 0.743. The number of aromatic nitrogens is 1. The molecule has 1 aromatic carbocycles. The maximum absolute atomic E-state index is 10.8. The number of aryl methyl sites for hydroxylation is 1. The molecule has 0 atom stereocenters. The number of hydrogen-bond acceptors (Lipinski definition) is 1. The summed E-state index contributed by atoms with van der Waals surface area (Å²) in [7, 11) is 0. The zero-order chi connectivity index (χ0) is 9.42. The molecule has 0 saturated heterocycles. The van der Waals surface area contributed by atoms with Gasteiger partial charge in [0.25, 0.3) is 0 Å². The molecule has 1 heterocycles. The topological polar surface area (TPSA) is 42.2 Å². The molecule has 0 fully saturated rings. The predicted molar refractivity (Wildman–Crippen MR) is 50.1 cm³/mol. The number of carbonyl (C=O) groups is 1. The van der Waals surface area contributed by atoms with Gasteiger partial charge in [-0.05, 0) is 24.6 Å². The normalized spacial score (nSPS) is 10.5. The zero-order valence-corrected chi connectivity index (χ0v) is 7.19. The van der Waals surface area contributed by atoms with Crippen LogP contribution in [0.15, 0.2) is 30.5 Å². The molecule has 2 rings (SSSR count). The minimum Gasteiger partial charge on any atom is -0.464 e. The highest BCUT2D eigenvalue weighted by Gasteiger charge is 2.06. The quantitative estimate of drug-likeness (QED) is 0.668. The first-order valence-corrected chi connectivity index (χ1v) is 4.00. The van der Waals surface area contributed by atoms with Crippen LogP contribution in [0.3, 0.4) is 0 Å². The molecule has 13 heavy (non-hydrogen) atoms. The van der Waals surface area contributed by atoms with Gasteiger partial charge in [-0.25, -0.2) is 4.79 Å². The van der Waals surface area contributed by atoms with E-state index < -0.39 is 6.09 Å². The van der Waals surface area contributed by atoms with Crippen molar-refractivity contribution in [3.63, 3.8) is 0 Å². The number of hydrogen-bond donors (Lipinski definition) is 1. The fourth-order valence-electron chi connectivity index (χ4n) is 1.49. The highest BCUT2D eigenvalue weighted by molar-refractivity contribution is 5.90. The first-order valence-electron chi connectivity index (χ1n) is 4.00. The molecule has 0 aliphatic carbocycles. The van der Waals surface area contributed by atoms with E-state index >= 15 is 0 Å². The Balaban J connectivity index is 2.83. The summed E-state index contributed by atoms with van der Waals surface area (Å²) >= 11 is 0. The lowest BCUT2D eigenvalue weighted by atomic mass is 10.1. The van der Waals surface area contributed by atoms with Gasteiger partial charge in [-0.1, -0.05) is 12.1 Å². The summed E-state index contributed by atoms with van der Waals surface area (Å²) in [5.41, 5.74) is 1.84. The molecular formula is C10H9NO2. The Morgan fingerprint density at radius 1 is 1.38 bits per heavy atom. The highest BCUT2D eigenvalue weighted by atomic mass is 16.4. The van der Waals surface area contributed by atoms with Gasteiger partial charge in [-0.15, -0.1) is 0 Å². The summed E-state index contributed by atoms with van der Waals surface area (Å²) in [4.78, 5) is 10.8. The third-order valence-corrected chi connectivity index (χ3v) is 2.16. The number of nitrogens with zero attached hydrogens (tertiary/aromatic N) is 1. The van der Waals surface area contributed by atoms with E-state index in [9.17, 15) is 4.79 Å². The molecule has 0 spiro atoms. The molecule has 0 aliphatic heterocycles. The van der Waals surface area contributed by atoms with Crippen LogP contribution in [0.1, 0.15) is 5.56 Å². The van der Waals surface area contributed by atoms with Crippen LogP contribution in [-0.4, -0.2) is 15.8 Å². The summed E-state index contributed by atoms with van der Waals surface area (Å²) in [6, 6.07) is 7.45. The SMILES string of the molecule is Cc1cccc2c1ccn2C(=O)O. The monoisotopic (exact) mass is 175 g/mol. The van der Waals surface area contributed by atoms with Crippen LogP contribution >= 0.6 is 0 Å². The van der Waals surface area contributed by atoms with E-state index in [1.165, 1.54) is 4.57 Å². The predicted octanol–water partition coefficient (Wildman–Crippen LogP) is 2.48. The van der Waals surface area contributed by atoms with Crippen molar-refractivity contribution in [3.8, 4) is 0 Å². The van der Waals surface area contributed by atoms with E-state index in [0.717, 1.165) is 16.5 Å². The number of benzene rings is 1. The lowest BCUT2D eigenvalue weighted by molar-refractivity contribution is 0.197. The van der Waals surface area contributed by atoms with Crippen molar-refractivity contribution in [2.75, 3.05) is 0 Å². The standard InChI is InChI=1S/C10H9NO2/c1-7-3-2-4-9-8(7)5-6-11(9)10(12)13/h2-6H,1H3,(H,12,13). The van der Waals surface area contributed by atoms with E-state index in [1.54, 1.807) is 12.3 Å². The zero-order valence-electron chi connectivity index (χ0n) is 7.19. The molecule has 3 heteroatoms. The Kier molecular flexibility index (Phi) is 1.59. The van der Waals surface area contributed by atoms with Crippen LogP contribution in [0.25, 0.3) is 10.9 Å². The van der Waals surface area contributed by atoms with Crippen molar-refractivity contribution in [2.24, 2.45) is 0 Å². The second kappa shape index (κ2) is 2.62. The molecule has 66 valence electrons. The molecule has 3 nitrogen and oxygen atoms in total. The number of rotatable bonds is 0. The van der Waals surface area contributed by atoms with Crippen LogP contribution in [0.2, 0.25) is 0 Å². The molecule has 0 radical (unpaired) electrons. The molecule has 1 N–H and O–H groups in total. The number of fused-ring (bicyclic) bond motifs is 1. The van der Waals surface area contributed by atoms with E-state index in [0.29, 0.717) is 0 Å². The van der Waals surface area contributed by atoms with Gasteiger partial charge in [-0.3, -0.25) is 4.57 Å². The van der Waals surface area contributed by atoms with Gasteiger partial charge in [0.05, 0.1) is 5.52 Å². The lowest BCUT2D eigenvalue weighted by Crippen LogP contribution is -2.05. The maximum atomic E-state index is 10.8. The Hall–Kier alpha value is -1.77. The summed E-state index contributed by atoms with van der Waals surface area (Å²) in [5, 5.41) is 9.82. The Labute approximate surface area is 75.2 Å². The second-order valence-electron chi connectivity index (χ2n) is 2.98. The van der Waals surface area contributed by atoms with Crippen molar-refractivity contribution in [1.29, 1.82) is 0 Å². The Bertz CT molecular complexity index is 471. The van der Waals surface area contributed by atoms with E-state index in [-0.39, 0.29) is 0 Å². The molecule has 2 aromatic rings. The fourth-order valence-corrected chi connectivity index (χ4v) is 1.49. The Morgan fingerprint density at radius 3 is 2.85 bits per heavy atom. The Morgan fingerprint density at radius 2 is 2.15 bits per heavy atom. The smallest absolute Gasteiger partial charge is 0.415 e. The molecular weight excluding hydrogens is 166 g/mol. The average molecular weight is 175 g/mol.